The summed E-state index contributed by atoms with van der Waals surface area (Å²) in [7, 11) is -7.27. The van der Waals surface area contributed by atoms with Crippen LogP contribution in [0.2, 0.25) is 0 Å². The minimum atomic E-state index is -3.64. The number of nitrogens with one attached hydrogen (secondary N) is 2. The topological polar surface area (TPSA) is 95.6 Å². The molecule has 28 heavy (non-hydrogen) atoms. The van der Waals surface area contributed by atoms with Gasteiger partial charge in [-0.3, -0.25) is 0 Å². The molecule has 2 aliphatic rings. The number of hydrogen-bond acceptors (Lipinski definition) is 5. The number of sulfonamides is 2. The zero-order valence-corrected chi connectivity index (χ0v) is 17.9. The fourth-order valence-corrected chi connectivity index (χ4v) is 6.24. The molecule has 0 atom stereocenters. The molecular weight excluding hydrogens is 398 g/mol. The molecular formula is C19H31N3O4S2. The molecule has 1 aromatic rings. The van der Waals surface area contributed by atoms with E-state index in [1.807, 2.05) is 0 Å². The summed E-state index contributed by atoms with van der Waals surface area (Å²) in [4.78, 5) is 2.45. The Morgan fingerprint density at radius 3 is 1.93 bits per heavy atom. The van der Waals surface area contributed by atoms with Gasteiger partial charge in [0.15, 0.2) is 0 Å². The Labute approximate surface area is 169 Å². The first kappa shape index (κ1) is 21.7. The molecule has 0 spiro atoms. The van der Waals surface area contributed by atoms with Gasteiger partial charge in [0.05, 0.1) is 9.79 Å². The van der Waals surface area contributed by atoms with Crippen LogP contribution in [0.1, 0.15) is 51.4 Å². The largest absolute Gasteiger partial charge is 0.302 e. The summed E-state index contributed by atoms with van der Waals surface area (Å²) >= 11 is 0. The van der Waals surface area contributed by atoms with E-state index in [9.17, 15) is 16.8 Å². The molecule has 0 radical (unpaired) electrons. The van der Waals surface area contributed by atoms with Crippen LogP contribution in [0.3, 0.4) is 0 Å². The van der Waals surface area contributed by atoms with Crippen molar-refractivity contribution in [3.63, 3.8) is 0 Å². The van der Waals surface area contributed by atoms with E-state index in [2.05, 4.69) is 14.3 Å². The number of hydrogen-bond donors (Lipinski definition) is 2. The van der Waals surface area contributed by atoms with Gasteiger partial charge in [0.2, 0.25) is 20.0 Å². The minimum Gasteiger partial charge on any atom is -0.302 e. The first-order valence-electron chi connectivity index (χ1n) is 10.2. The maximum Gasteiger partial charge on any atom is 0.240 e. The molecule has 1 heterocycles. The molecule has 1 aliphatic heterocycles. The quantitative estimate of drug-likeness (QED) is 0.659. The van der Waals surface area contributed by atoms with E-state index in [4.69, 9.17) is 0 Å². The highest BCUT2D eigenvalue weighted by Crippen LogP contribution is 2.21. The second-order valence-electron chi connectivity index (χ2n) is 7.73. The lowest BCUT2D eigenvalue weighted by molar-refractivity contribution is 0.233. The second-order valence-corrected chi connectivity index (χ2v) is 11.2. The number of rotatable bonds is 8. The zero-order valence-electron chi connectivity index (χ0n) is 16.3. The van der Waals surface area contributed by atoms with Gasteiger partial charge in [-0.2, -0.15) is 0 Å². The van der Waals surface area contributed by atoms with E-state index < -0.39 is 20.0 Å². The van der Waals surface area contributed by atoms with Crippen LogP contribution in [-0.2, 0) is 20.0 Å². The fraction of sp³-hybridized carbons (Fsp3) is 0.684. The molecule has 1 aliphatic carbocycles. The van der Waals surface area contributed by atoms with Crippen LogP contribution in [0, 0.1) is 0 Å². The lowest BCUT2D eigenvalue weighted by Crippen LogP contribution is -2.37. The highest BCUT2D eigenvalue weighted by atomic mass is 32.2. The molecule has 7 nitrogen and oxygen atoms in total. The Morgan fingerprint density at radius 1 is 0.786 bits per heavy atom. The highest BCUT2D eigenvalue weighted by Gasteiger charge is 2.23. The number of likely N-dealkylation sites (tertiary alicyclic amines) is 1. The van der Waals surface area contributed by atoms with Crippen molar-refractivity contribution in [1.82, 2.24) is 14.3 Å². The van der Waals surface area contributed by atoms with Gasteiger partial charge in [-0.1, -0.05) is 25.7 Å². The highest BCUT2D eigenvalue weighted by molar-refractivity contribution is 7.90. The standard InChI is InChI=1S/C19H31N3O4S2/c23-27(24,20-13-16-22-14-5-2-6-15-22)18-9-11-19(12-10-18)28(25,26)21-17-7-3-1-4-8-17/h9-12,17,20-21H,1-8,13-16H2. The van der Waals surface area contributed by atoms with Crippen LogP contribution in [0.4, 0.5) is 0 Å². The molecule has 9 heteroatoms. The summed E-state index contributed by atoms with van der Waals surface area (Å²) in [5, 5.41) is 0. The third kappa shape index (κ3) is 6.00. The molecule has 158 valence electrons. The normalized spacial score (nSPS) is 20.3. The van der Waals surface area contributed by atoms with Crippen LogP contribution in [0.25, 0.3) is 0 Å². The SMILES string of the molecule is O=S(=O)(NCCN1CCCCC1)c1ccc(S(=O)(=O)NC2CCCCC2)cc1. The van der Waals surface area contributed by atoms with Crippen molar-refractivity contribution >= 4 is 20.0 Å². The summed E-state index contributed by atoms with van der Waals surface area (Å²) in [5.41, 5.74) is 0. The molecule has 1 saturated carbocycles. The maximum atomic E-state index is 12.5. The van der Waals surface area contributed by atoms with E-state index in [0.717, 1.165) is 58.0 Å². The van der Waals surface area contributed by atoms with Gasteiger partial charge in [0, 0.05) is 19.1 Å². The van der Waals surface area contributed by atoms with E-state index in [1.165, 1.54) is 30.7 Å². The third-order valence-electron chi connectivity index (χ3n) is 5.54. The average molecular weight is 430 g/mol. The number of benzene rings is 1. The molecule has 3 rings (SSSR count). The fourth-order valence-electron chi connectivity index (χ4n) is 3.91. The summed E-state index contributed by atoms with van der Waals surface area (Å²) < 4.78 is 55.3. The minimum absolute atomic E-state index is 0.0291. The van der Waals surface area contributed by atoms with E-state index >= 15 is 0 Å². The summed E-state index contributed by atoms with van der Waals surface area (Å²) in [6.07, 6.45) is 8.50. The molecule has 0 amide bonds. The summed E-state index contributed by atoms with van der Waals surface area (Å²) in [5.74, 6) is 0. The van der Waals surface area contributed by atoms with Gasteiger partial charge in [-0.15, -0.1) is 0 Å². The van der Waals surface area contributed by atoms with Gasteiger partial charge in [-0.05, 0) is 63.0 Å². The van der Waals surface area contributed by atoms with Crippen molar-refractivity contribution in [2.24, 2.45) is 0 Å². The Bertz CT molecular complexity index is 826. The Balaban J connectivity index is 1.57. The van der Waals surface area contributed by atoms with Crippen LogP contribution in [0.5, 0.6) is 0 Å². The molecule has 1 saturated heterocycles. The van der Waals surface area contributed by atoms with Gasteiger partial charge < -0.3 is 4.90 Å². The molecule has 0 aromatic heterocycles. The Morgan fingerprint density at radius 2 is 1.32 bits per heavy atom. The molecule has 2 fully saturated rings. The van der Waals surface area contributed by atoms with Crippen LogP contribution in [-0.4, -0.2) is 54.0 Å². The van der Waals surface area contributed by atoms with Gasteiger partial charge in [0.25, 0.3) is 0 Å². The van der Waals surface area contributed by atoms with Crippen molar-refractivity contribution in [3.8, 4) is 0 Å². The number of piperidine rings is 1. The third-order valence-corrected chi connectivity index (χ3v) is 8.55. The molecule has 0 unspecified atom stereocenters. The van der Waals surface area contributed by atoms with Crippen molar-refractivity contribution in [1.29, 1.82) is 0 Å². The Kier molecular flexibility index (Phi) is 7.49. The van der Waals surface area contributed by atoms with Crippen molar-refractivity contribution in [2.75, 3.05) is 26.2 Å². The molecule has 1 aromatic carbocycles. The average Bonchev–Trinajstić information content (AvgIpc) is 2.69. The van der Waals surface area contributed by atoms with Gasteiger partial charge >= 0.3 is 0 Å². The van der Waals surface area contributed by atoms with Gasteiger partial charge in [-0.25, -0.2) is 26.3 Å². The van der Waals surface area contributed by atoms with E-state index in [-0.39, 0.29) is 15.8 Å². The van der Waals surface area contributed by atoms with E-state index in [0.29, 0.717) is 13.1 Å². The monoisotopic (exact) mass is 429 g/mol. The molecule has 2 N–H and O–H groups in total. The predicted molar refractivity (Wildman–Crippen MR) is 109 cm³/mol. The lowest BCUT2D eigenvalue weighted by Gasteiger charge is -2.26. The summed E-state index contributed by atoms with van der Waals surface area (Å²) in [6, 6.07) is 5.42. The summed E-state index contributed by atoms with van der Waals surface area (Å²) in [6.45, 7) is 3.08. The zero-order chi connectivity index (χ0) is 20.0. The smallest absolute Gasteiger partial charge is 0.240 e. The van der Waals surface area contributed by atoms with Crippen LogP contribution in [0.15, 0.2) is 34.1 Å². The predicted octanol–water partition coefficient (Wildman–Crippen LogP) is 2.06. The lowest BCUT2D eigenvalue weighted by atomic mass is 9.96. The second kappa shape index (κ2) is 9.67. The van der Waals surface area contributed by atoms with E-state index in [1.54, 1.807) is 0 Å². The van der Waals surface area contributed by atoms with Crippen LogP contribution < -0.4 is 9.44 Å². The first-order valence-corrected chi connectivity index (χ1v) is 13.2. The molecule has 0 bridgehead atoms. The number of nitrogens with zero attached hydrogens (tertiary/aromatic N) is 1. The van der Waals surface area contributed by atoms with Crippen molar-refractivity contribution < 1.29 is 16.8 Å². The maximum absolute atomic E-state index is 12.5. The Hall–Kier alpha value is -1.00. The van der Waals surface area contributed by atoms with Crippen LogP contribution >= 0.6 is 0 Å². The van der Waals surface area contributed by atoms with Crippen molar-refractivity contribution in [2.45, 2.75) is 67.2 Å². The van der Waals surface area contributed by atoms with Crippen molar-refractivity contribution in [3.05, 3.63) is 24.3 Å². The van der Waals surface area contributed by atoms with Gasteiger partial charge in [0.1, 0.15) is 0 Å². The first-order chi connectivity index (χ1) is 13.4.